The van der Waals surface area contributed by atoms with E-state index >= 15 is 0 Å². The number of halogens is 1. The molecule has 0 bridgehead atoms. The Hall–Kier alpha value is -3.81. The Morgan fingerprint density at radius 1 is 1.12 bits per heavy atom. The molecule has 0 saturated carbocycles. The van der Waals surface area contributed by atoms with Crippen molar-refractivity contribution in [2.45, 2.75) is 45.4 Å². The van der Waals surface area contributed by atoms with Crippen molar-refractivity contribution in [1.82, 2.24) is 24.2 Å². The molecule has 6 rings (SSSR count). The molecule has 0 aliphatic carbocycles. The van der Waals surface area contributed by atoms with Crippen LogP contribution in [0.1, 0.15) is 55.2 Å². The maximum Gasteiger partial charge on any atom is 0.236 e. The topological polar surface area (TPSA) is 80.8 Å². The number of nitriles is 1. The number of aryl methyl sites for hydroxylation is 1. The number of imidazole rings is 1. The molecule has 1 aromatic carbocycles. The second-order valence-corrected chi connectivity index (χ2v) is 12.5. The number of anilines is 2. The van der Waals surface area contributed by atoms with E-state index in [1.165, 1.54) is 29.0 Å². The standard InChI is InChI=1S/C32H36FN7OS/c1-4-26-31(37(3)32-36-30(27(17-34)42-32)23-5-8-25(33)9-6-23)40-19-24(7-10-28(40)35-26)22-12-14-38(15-13-22)20-29(41)39-16-11-21(2)18-39/h5-10,19,21-22H,4,11-16,18,20H2,1-3H3/t21-/m1/s1. The first-order chi connectivity index (χ1) is 20.3. The maximum absolute atomic E-state index is 13.5. The number of carbonyl (C=O) groups is 1. The number of fused-ring (bicyclic) bond motifs is 1. The van der Waals surface area contributed by atoms with E-state index in [9.17, 15) is 14.4 Å². The van der Waals surface area contributed by atoms with Crippen LogP contribution in [0.25, 0.3) is 16.9 Å². The molecule has 2 saturated heterocycles. The van der Waals surface area contributed by atoms with Gasteiger partial charge in [-0.05, 0) is 86.5 Å². The molecular formula is C32H36FN7OS. The Morgan fingerprint density at radius 2 is 1.88 bits per heavy atom. The van der Waals surface area contributed by atoms with Crippen LogP contribution in [0.3, 0.4) is 0 Å². The Kier molecular flexibility index (Phi) is 7.97. The molecule has 0 spiro atoms. The summed E-state index contributed by atoms with van der Waals surface area (Å²) in [5.41, 5.74) is 4.36. The van der Waals surface area contributed by atoms with Crippen LogP contribution in [0, 0.1) is 23.1 Å². The first-order valence-corrected chi connectivity index (χ1v) is 15.6. The lowest BCUT2D eigenvalue weighted by atomic mass is 9.90. The van der Waals surface area contributed by atoms with Crippen LogP contribution < -0.4 is 4.90 Å². The van der Waals surface area contributed by atoms with Gasteiger partial charge in [0.15, 0.2) is 5.13 Å². The van der Waals surface area contributed by atoms with E-state index in [1.54, 1.807) is 12.1 Å². The number of rotatable bonds is 7. The van der Waals surface area contributed by atoms with Crippen molar-refractivity contribution in [1.29, 1.82) is 5.26 Å². The van der Waals surface area contributed by atoms with Crippen LogP contribution in [0.4, 0.5) is 15.3 Å². The number of likely N-dealkylation sites (tertiary alicyclic amines) is 2. The third kappa shape index (κ3) is 5.51. The van der Waals surface area contributed by atoms with Crippen molar-refractivity contribution < 1.29 is 9.18 Å². The monoisotopic (exact) mass is 585 g/mol. The zero-order valence-corrected chi connectivity index (χ0v) is 25.2. The van der Waals surface area contributed by atoms with Gasteiger partial charge < -0.3 is 9.80 Å². The highest BCUT2D eigenvalue weighted by atomic mass is 32.1. The Bertz CT molecular complexity index is 1630. The molecule has 0 radical (unpaired) electrons. The molecule has 1 atom stereocenters. The number of amides is 1. The summed E-state index contributed by atoms with van der Waals surface area (Å²) in [6.45, 7) is 8.44. The quantitative estimate of drug-likeness (QED) is 0.271. The fourth-order valence-corrected chi connectivity index (χ4v) is 7.08. The molecule has 1 amide bonds. The Labute approximate surface area is 250 Å². The number of carbonyl (C=O) groups excluding carboxylic acids is 1. The number of hydrogen-bond acceptors (Lipinski definition) is 7. The van der Waals surface area contributed by atoms with Gasteiger partial charge in [0.25, 0.3) is 0 Å². The minimum atomic E-state index is -0.324. The third-order valence-corrected chi connectivity index (χ3v) is 9.69. The molecule has 10 heteroatoms. The number of piperidine rings is 1. The van der Waals surface area contributed by atoms with Crippen molar-refractivity contribution in [3.63, 3.8) is 0 Å². The van der Waals surface area contributed by atoms with E-state index in [4.69, 9.17) is 9.97 Å². The maximum atomic E-state index is 13.5. The highest BCUT2D eigenvalue weighted by Gasteiger charge is 2.28. The highest BCUT2D eigenvalue weighted by molar-refractivity contribution is 7.16. The summed E-state index contributed by atoms with van der Waals surface area (Å²) < 4.78 is 15.7. The smallest absolute Gasteiger partial charge is 0.236 e. The molecule has 8 nitrogen and oxygen atoms in total. The van der Waals surface area contributed by atoms with Crippen molar-refractivity contribution in [3.8, 4) is 17.3 Å². The fourth-order valence-electron chi connectivity index (χ4n) is 6.23. The van der Waals surface area contributed by atoms with E-state index < -0.39 is 0 Å². The second-order valence-electron chi connectivity index (χ2n) is 11.6. The zero-order chi connectivity index (χ0) is 29.4. The fraction of sp³-hybridized carbons (Fsp3) is 0.438. The number of pyridine rings is 1. The second kappa shape index (κ2) is 11.8. The predicted octanol–water partition coefficient (Wildman–Crippen LogP) is 5.85. The van der Waals surface area contributed by atoms with Gasteiger partial charge in [0.2, 0.25) is 5.91 Å². The van der Waals surface area contributed by atoms with Crippen LogP contribution in [0.5, 0.6) is 0 Å². The zero-order valence-electron chi connectivity index (χ0n) is 24.4. The van der Waals surface area contributed by atoms with Crippen LogP contribution in [-0.2, 0) is 11.2 Å². The molecular weight excluding hydrogens is 549 g/mol. The van der Waals surface area contributed by atoms with Gasteiger partial charge in [-0.1, -0.05) is 31.3 Å². The van der Waals surface area contributed by atoms with E-state index in [0.717, 1.165) is 69.0 Å². The minimum absolute atomic E-state index is 0.265. The summed E-state index contributed by atoms with van der Waals surface area (Å²) in [5, 5.41) is 10.5. The van der Waals surface area contributed by atoms with Crippen LogP contribution in [-0.4, -0.2) is 69.8 Å². The van der Waals surface area contributed by atoms with E-state index in [0.29, 0.717) is 39.6 Å². The van der Waals surface area contributed by atoms with E-state index in [2.05, 4.69) is 47.5 Å². The third-order valence-electron chi connectivity index (χ3n) is 8.65. The van der Waals surface area contributed by atoms with Crippen LogP contribution in [0.15, 0.2) is 42.6 Å². The van der Waals surface area contributed by atoms with Gasteiger partial charge in [-0.3, -0.25) is 14.1 Å². The predicted molar refractivity (Wildman–Crippen MR) is 164 cm³/mol. The van der Waals surface area contributed by atoms with Gasteiger partial charge in [0, 0.05) is 31.9 Å². The van der Waals surface area contributed by atoms with Gasteiger partial charge in [-0.15, -0.1) is 0 Å². The van der Waals surface area contributed by atoms with Gasteiger partial charge in [-0.2, -0.15) is 5.26 Å². The molecule has 2 aliphatic heterocycles. The van der Waals surface area contributed by atoms with Gasteiger partial charge in [-0.25, -0.2) is 14.4 Å². The van der Waals surface area contributed by atoms with Crippen molar-refractivity contribution in [2.24, 2.45) is 5.92 Å². The Balaban J connectivity index is 1.22. The molecule has 2 fully saturated rings. The molecule has 0 unspecified atom stereocenters. The number of hydrogen-bond donors (Lipinski definition) is 0. The highest BCUT2D eigenvalue weighted by Crippen LogP contribution is 2.37. The van der Waals surface area contributed by atoms with Crippen molar-refractivity contribution in [3.05, 3.63) is 64.5 Å². The lowest BCUT2D eigenvalue weighted by molar-refractivity contribution is -0.131. The van der Waals surface area contributed by atoms with E-state index in [-0.39, 0.29) is 11.7 Å². The first kappa shape index (κ1) is 28.3. The number of aromatic nitrogens is 3. The summed E-state index contributed by atoms with van der Waals surface area (Å²) in [5.74, 6) is 1.89. The molecule has 3 aromatic heterocycles. The summed E-state index contributed by atoms with van der Waals surface area (Å²) in [7, 11) is 1.96. The SMILES string of the molecule is CCc1nc2ccc(C3CCN(CC(=O)N4CC[C@@H](C)C4)CC3)cn2c1N(C)c1nc(-c2ccc(F)cc2)c(C#N)s1. The lowest BCUT2D eigenvalue weighted by Gasteiger charge is -2.32. The molecule has 218 valence electrons. The average Bonchev–Trinajstić information content (AvgIpc) is 3.73. The van der Waals surface area contributed by atoms with Crippen molar-refractivity contribution >= 4 is 33.8 Å². The van der Waals surface area contributed by atoms with E-state index in [1.807, 2.05) is 16.8 Å². The number of nitrogens with zero attached hydrogens (tertiary/aromatic N) is 7. The molecule has 0 N–H and O–H groups in total. The molecule has 2 aliphatic rings. The van der Waals surface area contributed by atoms with Crippen LogP contribution in [0.2, 0.25) is 0 Å². The van der Waals surface area contributed by atoms with Gasteiger partial charge in [0.1, 0.15) is 33.9 Å². The lowest BCUT2D eigenvalue weighted by Crippen LogP contribution is -2.42. The van der Waals surface area contributed by atoms with Gasteiger partial charge >= 0.3 is 0 Å². The number of benzene rings is 1. The molecule has 4 aromatic rings. The minimum Gasteiger partial charge on any atom is -0.341 e. The first-order valence-electron chi connectivity index (χ1n) is 14.8. The summed E-state index contributed by atoms with van der Waals surface area (Å²) in [4.78, 5) is 29.3. The largest absolute Gasteiger partial charge is 0.341 e. The normalized spacial score (nSPS) is 18.1. The molecule has 42 heavy (non-hydrogen) atoms. The summed E-state index contributed by atoms with van der Waals surface area (Å²) >= 11 is 1.32. The summed E-state index contributed by atoms with van der Waals surface area (Å²) in [6, 6.07) is 12.6. The Morgan fingerprint density at radius 3 is 2.55 bits per heavy atom. The summed E-state index contributed by atoms with van der Waals surface area (Å²) in [6.07, 6.45) is 6.08. The average molecular weight is 586 g/mol. The van der Waals surface area contributed by atoms with Crippen LogP contribution >= 0.6 is 11.3 Å². The van der Waals surface area contributed by atoms with Crippen molar-refractivity contribution in [2.75, 3.05) is 44.7 Å². The molecule has 5 heterocycles. The van der Waals surface area contributed by atoms with Gasteiger partial charge in [0.05, 0.1) is 12.2 Å². The number of thiazole rings is 1.